The number of carbonyl (C=O) groups is 1. The van der Waals surface area contributed by atoms with Crippen LogP contribution in [0, 0.1) is 0 Å². The molecule has 2 atom stereocenters. The molecule has 0 aliphatic carbocycles. The monoisotopic (exact) mass is 245 g/mol. The van der Waals surface area contributed by atoms with Crippen LogP contribution < -0.4 is 0 Å². The number of piperidine rings is 1. The van der Waals surface area contributed by atoms with Crippen molar-refractivity contribution in [1.29, 1.82) is 0 Å². The van der Waals surface area contributed by atoms with Gasteiger partial charge in [0.15, 0.2) is 0 Å². The highest BCUT2D eigenvalue weighted by Crippen LogP contribution is 2.33. The lowest BCUT2D eigenvalue weighted by Crippen LogP contribution is -2.41. The van der Waals surface area contributed by atoms with Crippen LogP contribution in [-0.2, 0) is 9.53 Å². The van der Waals surface area contributed by atoms with Gasteiger partial charge in [0.1, 0.15) is 12.1 Å². The van der Waals surface area contributed by atoms with E-state index in [1.807, 2.05) is 30.3 Å². The van der Waals surface area contributed by atoms with Gasteiger partial charge in [-0.05, 0) is 31.5 Å². The predicted octanol–water partition coefficient (Wildman–Crippen LogP) is 2.53. The quantitative estimate of drug-likeness (QED) is 0.750. The molecule has 0 bridgehead atoms. The van der Waals surface area contributed by atoms with Crippen LogP contribution in [0.4, 0.5) is 0 Å². The van der Waals surface area contributed by atoms with Crippen molar-refractivity contribution in [1.82, 2.24) is 4.90 Å². The summed E-state index contributed by atoms with van der Waals surface area (Å²) in [6.07, 6.45) is 4.47. The second-order valence-electron chi connectivity index (χ2n) is 5.18. The minimum absolute atomic E-state index is 0.0180. The molecule has 1 aromatic carbocycles. The molecule has 0 unspecified atom stereocenters. The van der Waals surface area contributed by atoms with Gasteiger partial charge in [-0.2, -0.15) is 0 Å². The van der Waals surface area contributed by atoms with Crippen LogP contribution in [0.3, 0.4) is 0 Å². The van der Waals surface area contributed by atoms with E-state index < -0.39 is 0 Å². The maximum atomic E-state index is 12.0. The zero-order valence-corrected chi connectivity index (χ0v) is 10.5. The van der Waals surface area contributed by atoms with E-state index in [0.717, 1.165) is 25.1 Å². The zero-order chi connectivity index (χ0) is 12.4. The number of ether oxygens (including phenoxy) is 1. The first-order valence-electron chi connectivity index (χ1n) is 6.84. The molecule has 2 aliphatic rings. The first kappa shape index (κ1) is 11.7. The first-order chi connectivity index (χ1) is 8.84. The summed E-state index contributed by atoms with van der Waals surface area (Å²) in [5, 5.41) is 0. The smallest absolute Gasteiger partial charge is 0.324 e. The number of hydrogen-bond donors (Lipinski definition) is 0. The fourth-order valence-corrected chi connectivity index (χ4v) is 2.97. The van der Waals surface area contributed by atoms with Crippen LogP contribution in [-0.4, -0.2) is 30.0 Å². The van der Waals surface area contributed by atoms with Crippen LogP contribution >= 0.6 is 0 Å². The van der Waals surface area contributed by atoms with Gasteiger partial charge in [0.2, 0.25) is 0 Å². The number of esters is 1. The Morgan fingerprint density at radius 2 is 1.78 bits per heavy atom. The Morgan fingerprint density at radius 1 is 1.06 bits per heavy atom. The van der Waals surface area contributed by atoms with Gasteiger partial charge in [-0.25, -0.2) is 0 Å². The first-order valence-corrected chi connectivity index (χ1v) is 6.84. The molecule has 0 spiro atoms. The van der Waals surface area contributed by atoms with Gasteiger partial charge in [0.05, 0.1) is 0 Å². The number of benzene rings is 1. The minimum atomic E-state index is -0.0503. The van der Waals surface area contributed by atoms with Crippen LogP contribution in [0.25, 0.3) is 0 Å². The highest BCUT2D eigenvalue weighted by Gasteiger charge is 2.39. The second kappa shape index (κ2) is 5.11. The number of rotatable bonds is 2. The number of hydrogen-bond acceptors (Lipinski definition) is 3. The zero-order valence-electron chi connectivity index (χ0n) is 10.5. The van der Waals surface area contributed by atoms with Gasteiger partial charge in [-0.15, -0.1) is 0 Å². The maximum Gasteiger partial charge on any atom is 0.324 e. The van der Waals surface area contributed by atoms with E-state index in [9.17, 15) is 4.79 Å². The molecule has 0 radical (unpaired) electrons. The summed E-state index contributed by atoms with van der Waals surface area (Å²) in [4.78, 5) is 14.3. The van der Waals surface area contributed by atoms with Gasteiger partial charge in [0, 0.05) is 6.42 Å². The number of likely N-dealkylation sites (tertiary alicyclic amines) is 1. The Bertz CT molecular complexity index is 412. The van der Waals surface area contributed by atoms with Crippen molar-refractivity contribution >= 4 is 5.97 Å². The van der Waals surface area contributed by atoms with E-state index >= 15 is 0 Å². The van der Waals surface area contributed by atoms with E-state index in [1.54, 1.807) is 0 Å². The average molecular weight is 245 g/mol. The van der Waals surface area contributed by atoms with Crippen LogP contribution in [0.1, 0.15) is 37.4 Å². The Morgan fingerprint density at radius 3 is 2.50 bits per heavy atom. The predicted molar refractivity (Wildman–Crippen MR) is 69.1 cm³/mol. The van der Waals surface area contributed by atoms with E-state index in [2.05, 4.69) is 4.90 Å². The van der Waals surface area contributed by atoms with Crippen LogP contribution in [0.2, 0.25) is 0 Å². The van der Waals surface area contributed by atoms with Crippen molar-refractivity contribution in [2.45, 2.75) is 37.8 Å². The molecule has 96 valence electrons. The van der Waals surface area contributed by atoms with Gasteiger partial charge >= 0.3 is 5.97 Å². The summed E-state index contributed by atoms with van der Waals surface area (Å²) in [5.41, 5.74) is 1.12. The standard InChI is InChI=1S/C15H19NO2/c17-15-13(16-9-5-2-6-10-16)11-14(18-15)12-7-3-1-4-8-12/h1,3-4,7-8,13-14H,2,5-6,9-11H2/t13-,14+/m1/s1. The Labute approximate surface area is 108 Å². The number of carbonyl (C=O) groups excluding carboxylic acids is 1. The second-order valence-corrected chi connectivity index (χ2v) is 5.18. The fraction of sp³-hybridized carbons (Fsp3) is 0.533. The van der Waals surface area contributed by atoms with Crippen LogP contribution in [0.5, 0.6) is 0 Å². The Hall–Kier alpha value is -1.35. The largest absolute Gasteiger partial charge is 0.456 e. The molecule has 0 N–H and O–H groups in total. The molecule has 0 aromatic heterocycles. The number of cyclic esters (lactones) is 1. The fourth-order valence-electron chi connectivity index (χ4n) is 2.97. The van der Waals surface area contributed by atoms with Gasteiger partial charge in [-0.1, -0.05) is 36.8 Å². The van der Waals surface area contributed by atoms with Gasteiger partial charge in [-0.3, -0.25) is 9.69 Å². The van der Waals surface area contributed by atoms with E-state index in [1.165, 1.54) is 19.3 Å². The SMILES string of the molecule is O=C1O[C@H](c2ccccc2)C[C@H]1N1CCCCC1. The van der Waals surface area contributed by atoms with Crippen molar-refractivity contribution in [3.8, 4) is 0 Å². The summed E-state index contributed by atoms with van der Waals surface area (Å²) in [7, 11) is 0. The lowest BCUT2D eigenvalue weighted by Gasteiger charge is -2.29. The van der Waals surface area contributed by atoms with E-state index in [0.29, 0.717) is 0 Å². The maximum absolute atomic E-state index is 12.0. The molecule has 0 amide bonds. The molecule has 0 saturated carbocycles. The molecule has 18 heavy (non-hydrogen) atoms. The lowest BCUT2D eigenvalue weighted by atomic mass is 10.0. The summed E-state index contributed by atoms with van der Waals surface area (Å²) in [6.45, 7) is 2.09. The Balaban J connectivity index is 1.70. The van der Waals surface area contributed by atoms with Crippen molar-refractivity contribution in [2.24, 2.45) is 0 Å². The summed E-state index contributed by atoms with van der Waals surface area (Å²) >= 11 is 0. The normalized spacial score (nSPS) is 29.2. The van der Waals surface area contributed by atoms with Gasteiger partial charge in [0.25, 0.3) is 0 Å². The molecule has 2 saturated heterocycles. The molecule has 3 nitrogen and oxygen atoms in total. The van der Waals surface area contributed by atoms with Crippen molar-refractivity contribution in [3.05, 3.63) is 35.9 Å². The summed E-state index contributed by atoms with van der Waals surface area (Å²) < 4.78 is 5.53. The Kier molecular flexibility index (Phi) is 3.33. The molecule has 3 heteroatoms. The third kappa shape index (κ3) is 2.27. The van der Waals surface area contributed by atoms with Crippen LogP contribution in [0.15, 0.2) is 30.3 Å². The van der Waals surface area contributed by atoms with Crippen molar-refractivity contribution in [3.63, 3.8) is 0 Å². The molecule has 2 heterocycles. The van der Waals surface area contributed by atoms with Crippen molar-refractivity contribution < 1.29 is 9.53 Å². The molecule has 2 aliphatic heterocycles. The van der Waals surface area contributed by atoms with Crippen molar-refractivity contribution in [2.75, 3.05) is 13.1 Å². The van der Waals surface area contributed by atoms with Gasteiger partial charge < -0.3 is 4.74 Å². The molecule has 3 rings (SSSR count). The molecule has 1 aromatic rings. The summed E-state index contributed by atoms with van der Waals surface area (Å²) in [6, 6.07) is 10.0. The van der Waals surface area contributed by atoms with E-state index in [4.69, 9.17) is 4.74 Å². The third-order valence-corrected chi connectivity index (χ3v) is 3.97. The third-order valence-electron chi connectivity index (χ3n) is 3.97. The topological polar surface area (TPSA) is 29.5 Å². The highest BCUT2D eigenvalue weighted by molar-refractivity contribution is 5.78. The molecular formula is C15H19NO2. The highest BCUT2D eigenvalue weighted by atomic mass is 16.6. The minimum Gasteiger partial charge on any atom is -0.456 e. The lowest BCUT2D eigenvalue weighted by molar-refractivity contribution is -0.145. The van der Waals surface area contributed by atoms with E-state index in [-0.39, 0.29) is 18.1 Å². The molecular weight excluding hydrogens is 226 g/mol. The molecule has 2 fully saturated rings. The summed E-state index contributed by atoms with van der Waals surface area (Å²) in [5.74, 6) is -0.0363. The number of nitrogens with zero attached hydrogens (tertiary/aromatic N) is 1. The average Bonchev–Trinajstić information content (AvgIpc) is 2.83.